The van der Waals surface area contributed by atoms with Gasteiger partial charge in [-0.05, 0) is 126 Å². The summed E-state index contributed by atoms with van der Waals surface area (Å²) in [6.07, 6.45) is 1.87. The van der Waals surface area contributed by atoms with Gasteiger partial charge in [-0.25, -0.2) is 4.98 Å². The van der Waals surface area contributed by atoms with E-state index in [1.54, 1.807) is 0 Å². The van der Waals surface area contributed by atoms with Gasteiger partial charge in [-0.15, -0.1) is 0 Å². The number of anilines is 3. The first kappa shape index (κ1) is 34.0. The highest BCUT2D eigenvalue weighted by Crippen LogP contribution is 2.45. The van der Waals surface area contributed by atoms with Gasteiger partial charge in [0, 0.05) is 17.6 Å². The lowest BCUT2D eigenvalue weighted by atomic mass is 9.85. The average molecular weight is 727 g/mol. The first-order valence-corrected chi connectivity index (χ1v) is 19.5. The van der Waals surface area contributed by atoms with E-state index in [2.05, 4.69) is 223 Å². The molecule has 10 aromatic rings. The van der Waals surface area contributed by atoms with E-state index in [1.807, 2.05) is 12.3 Å². The molecule has 2 nitrogen and oxygen atoms in total. The maximum atomic E-state index is 4.89. The first-order valence-electron chi connectivity index (χ1n) is 19.5. The highest BCUT2D eigenvalue weighted by atomic mass is 15.2. The molecule has 268 valence electrons. The molecule has 0 saturated heterocycles. The van der Waals surface area contributed by atoms with E-state index in [4.69, 9.17) is 4.98 Å². The maximum Gasteiger partial charge on any atom is 0.137 e. The number of hydrogen-bond acceptors (Lipinski definition) is 2. The van der Waals surface area contributed by atoms with E-state index in [1.165, 1.54) is 66.1 Å². The molecule has 0 N–H and O–H groups in total. The van der Waals surface area contributed by atoms with E-state index in [9.17, 15) is 0 Å². The molecule has 0 spiro atoms. The van der Waals surface area contributed by atoms with Crippen LogP contribution in [0.5, 0.6) is 0 Å². The summed E-state index contributed by atoms with van der Waals surface area (Å²) in [6, 6.07) is 80.5. The Morgan fingerprint density at radius 3 is 1.19 bits per heavy atom. The molecule has 10 rings (SSSR count). The molecule has 2 heteroatoms. The summed E-state index contributed by atoms with van der Waals surface area (Å²) in [6.45, 7) is 0. The molecule has 0 unspecified atom stereocenters. The standard InChI is InChI=1S/C55H38N2/c1-4-17-39(18-5-1)43-23-16-24-44(35-43)55-51-27-12-10-25-49(51)54(50-26-11-13-28-52(50)55)42-30-32-47(33-31-42)57(53-29-14-15-34-56-53)48-37-45(40-19-6-2-7-20-40)36-46(38-48)41-21-8-3-9-22-41/h1-38H. The molecule has 0 atom stereocenters. The number of rotatable bonds is 8. The van der Waals surface area contributed by atoms with Crippen LogP contribution in [-0.4, -0.2) is 4.98 Å². The zero-order valence-corrected chi connectivity index (χ0v) is 31.3. The SMILES string of the molecule is c1ccc(-c2cccc(-c3c4ccccc4c(-c4ccc(N(c5cc(-c6ccccc6)cc(-c6ccccc6)c5)c5ccccn5)cc4)c4ccccc34)c2)cc1. The van der Waals surface area contributed by atoms with Crippen molar-refractivity contribution >= 4 is 38.7 Å². The highest BCUT2D eigenvalue weighted by Gasteiger charge is 2.20. The van der Waals surface area contributed by atoms with Crippen molar-refractivity contribution in [2.24, 2.45) is 0 Å². The largest absolute Gasteiger partial charge is 0.295 e. The van der Waals surface area contributed by atoms with Crippen LogP contribution >= 0.6 is 0 Å². The van der Waals surface area contributed by atoms with Gasteiger partial charge < -0.3 is 0 Å². The van der Waals surface area contributed by atoms with Crippen molar-refractivity contribution in [3.63, 3.8) is 0 Å². The molecule has 57 heavy (non-hydrogen) atoms. The minimum Gasteiger partial charge on any atom is -0.295 e. The van der Waals surface area contributed by atoms with Crippen molar-refractivity contribution in [3.8, 4) is 55.6 Å². The molecular formula is C55H38N2. The molecule has 0 aliphatic heterocycles. The van der Waals surface area contributed by atoms with Gasteiger partial charge >= 0.3 is 0 Å². The molecule has 0 aliphatic carbocycles. The van der Waals surface area contributed by atoms with Gasteiger partial charge in [0.25, 0.3) is 0 Å². The number of pyridine rings is 1. The summed E-state index contributed by atoms with van der Waals surface area (Å²) in [5.74, 6) is 0.854. The van der Waals surface area contributed by atoms with Gasteiger partial charge in [-0.3, -0.25) is 4.90 Å². The Morgan fingerprint density at radius 2 is 0.684 bits per heavy atom. The van der Waals surface area contributed by atoms with Crippen LogP contribution in [-0.2, 0) is 0 Å². The second-order valence-electron chi connectivity index (χ2n) is 14.4. The quantitative estimate of drug-likeness (QED) is 0.145. The average Bonchev–Trinajstić information content (AvgIpc) is 3.30. The van der Waals surface area contributed by atoms with E-state index >= 15 is 0 Å². The van der Waals surface area contributed by atoms with Crippen molar-refractivity contribution in [3.05, 3.63) is 231 Å². The zero-order chi connectivity index (χ0) is 38.0. The molecule has 9 aromatic carbocycles. The number of nitrogens with zero attached hydrogens (tertiary/aromatic N) is 2. The van der Waals surface area contributed by atoms with Crippen molar-refractivity contribution in [2.75, 3.05) is 4.90 Å². The second-order valence-corrected chi connectivity index (χ2v) is 14.4. The van der Waals surface area contributed by atoms with Crippen LogP contribution in [0.2, 0.25) is 0 Å². The van der Waals surface area contributed by atoms with Gasteiger partial charge in [-0.2, -0.15) is 0 Å². The van der Waals surface area contributed by atoms with Gasteiger partial charge in [0.05, 0.1) is 0 Å². The molecule has 0 fully saturated rings. The lowest BCUT2D eigenvalue weighted by Gasteiger charge is -2.26. The molecule has 0 aliphatic rings. The highest BCUT2D eigenvalue weighted by molar-refractivity contribution is 6.21. The lowest BCUT2D eigenvalue weighted by molar-refractivity contribution is 1.18. The van der Waals surface area contributed by atoms with E-state index < -0.39 is 0 Å². The molecule has 1 heterocycles. The van der Waals surface area contributed by atoms with Crippen LogP contribution in [0, 0.1) is 0 Å². The van der Waals surface area contributed by atoms with Crippen LogP contribution in [0.15, 0.2) is 231 Å². The van der Waals surface area contributed by atoms with E-state index in [0.29, 0.717) is 0 Å². The van der Waals surface area contributed by atoms with Gasteiger partial charge in [0.1, 0.15) is 5.82 Å². The number of aromatic nitrogens is 1. The Morgan fingerprint density at radius 1 is 0.263 bits per heavy atom. The van der Waals surface area contributed by atoms with Gasteiger partial charge in [0.2, 0.25) is 0 Å². The van der Waals surface area contributed by atoms with E-state index in [-0.39, 0.29) is 0 Å². The fourth-order valence-corrected chi connectivity index (χ4v) is 8.25. The van der Waals surface area contributed by atoms with Gasteiger partial charge in [-0.1, -0.05) is 176 Å². The minimum absolute atomic E-state index is 0.854. The predicted octanol–water partition coefficient (Wildman–Crippen LogP) is 15.2. The molecule has 0 radical (unpaired) electrons. The fourth-order valence-electron chi connectivity index (χ4n) is 8.25. The maximum absolute atomic E-state index is 4.89. The molecule has 0 amide bonds. The monoisotopic (exact) mass is 726 g/mol. The summed E-state index contributed by atoms with van der Waals surface area (Å²) < 4.78 is 0. The Hall–Kier alpha value is -7.55. The van der Waals surface area contributed by atoms with Crippen LogP contribution in [0.25, 0.3) is 77.2 Å². The Kier molecular flexibility index (Phi) is 8.91. The van der Waals surface area contributed by atoms with Crippen LogP contribution < -0.4 is 4.90 Å². The topological polar surface area (TPSA) is 16.1 Å². The Bertz CT molecular complexity index is 2860. The number of benzene rings is 9. The first-order chi connectivity index (χ1) is 28.3. The molecular weight excluding hydrogens is 689 g/mol. The lowest BCUT2D eigenvalue weighted by Crippen LogP contribution is -2.11. The van der Waals surface area contributed by atoms with E-state index in [0.717, 1.165) is 28.3 Å². The van der Waals surface area contributed by atoms with Crippen molar-refractivity contribution in [1.29, 1.82) is 0 Å². The molecule has 0 bridgehead atoms. The predicted molar refractivity (Wildman–Crippen MR) is 241 cm³/mol. The Labute approximate surface area is 333 Å². The zero-order valence-electron chi connectivity index (χ0n) is 31.3. The van der Waals surface area contributed by atoms with Crippen LogP contribution in [0.3, 0.4) is 0 Å². The fraction of sp³-hybridized carbons (Fsp3) is 0. The molecule has 0 saturated carbocycles. The van der Waals surface area contributed by atoms with Crippen LogP contribution in [0.4, 0.5) is 17.2 Å². The summed E-state index contributed by atoms with van der Waals surface area (Å²) in [4.78, 5) is 7.15. The minimum atomic E-state index is 0.854. The third kappa shape index (κ3) is 6.54. The third-order valence-electron chi connectivity index (χ3n) is 10.9. The van der Waals surface area contributed by atoms with Gasteiger partial charge in [0.15, 0.2) is 0 Å². The summed E-state index contributed by atoms with van der Waals surface area (Å²) >= 11 is 0. The number of hydrogen-bond donors (Lipinski definition) is 0. The normalized spacial score (nSPS) is 11.2. The van der Waals surface area contributed by atoms with Crippen molar-refractivity contribution < 1.29 is 0 Å². The molecule has 1 aromatic heterocycles. The Balaban J connectivity index is 1.13. The summed E-state index contributed by atoms with van der Waals surface area (Å²) in [5, 5.41) is 4.94. The summed E-state index contributed by atoms with van der Waals surface area (Å²) in [7, 11) is 0. The third-order valence-corrected chi connectivity index (χ3v) is 10.9. The van der Waals surface area contributed by atoms with Crippen molar-refractivity contribution in [2.45, 2.75) is 0 Å². The smallest absolute Gasteiger partial charge is 0.137 e. The van der Waals surface area contributed by atoms with Crippen LogP contribution in [0.1, 0.15) is 0 Å². The number of fused-ring (bicyclic) bond motifs is 2. The second kappa shape index (κ2) is 14.9. The van der Waals surface area contributed by atoms with Crippen molar-refractivity contribution in [1.82, 2.24) is 4.98 Å². The summed E-state index contributed by atoms with van der Waals surface area (Å²) in [5.41, 5.74) is 14.0.